The van der Waals surface area contributed by atoms with E-state index in [9.17, 15) is 0 Å². The molecule has 0 amide bonds. The van der Waals surface area contributed by atoms with Gasteiger partial charge < -0.3 is 31.9 Å². The second kappa shape index (κ2) is 17.1. The zero-order chi connectivity index (χ0) is 43.0. The highest BCUT2D eigenvalue weighted by molar-refractivity contribution is 5.59. The van der Waals surface area contributed by atoms with Gasteiger partial charge >= 0.3 is 0 Å². The lowest BCUT2D eigenvalue weighted by atomic mass is 9.94. The van der Waals surface area contributed by atoms with E-state index in [1.807, 2.05) is 67.4 Å². The van der Waals surface area contributed by atoms with Crippen LogP contribution in [0, 0.1) is 0 Å². The van der Waals surface area contributed by atoms with Gasteiger partial charge in [0.2, 0.25) is 23.8 Å². The number of fused-ring (bicyclic) bond motifs is 2. The average molecular weight is 847 g/mol. The van der Waals surface area contributed by atoms with Crippen molar-refractivity contribution in [2.24, 2.45) is 11.5 Å². The van der Waals surface area contributed by atoms with Crippen LogP contribution in [0.25, 0.3) is 22.7 Å². The Bertz CT molecular complexity index is 2820. The van der Waals surface area contributed by atoms with Gasteiger partial charge in [-0.3, -0.25) is 0 Å². The topological polar surface area (TPSA) is 204 Å². The summed E-state index contributed by atoms with van der Waals surface area (Å²) < 4.78 is 7.44. The first-order chi connectivity index (χ1) is 30.8. The highest BCUT2D eigenvalue weighted by atomic mass is 15.4. The molecule has 63 heavy (non-hydrogen) atoms. The molecule has 6 N–H and O–H groups in total. The minimum atomic E-state index is 0.0677. The molecule has 18 heteroatoms. The number of nitrogens with one attached hydrogen (secondary N) is 2. The fourth-order valence-electron chi connectivity index (χ4n) is 8.81. The van der Waals surface area contributed by atoms with Crippen molar-refractivity contribution in [1.82, 2.24) is 58.7 Å². The molecular weight excluding hydrogens is 793 g/mol. The largest absolute Gasteiger partial charge is 0.350 e. The number of nitrogens with zero attached hydrogens (tertiary/aromatic N) is 14. The third-order valence-corrected chi connectivity index (χ3v) is 12.2. The van der Waals surface area contributed by atoms with E-state index in [4.69, 9.17) is 41.6 Å². The first-order valence-electron chi connectivity index (χ1n) is 22.0. The SMILES string of the molecule is CC(C)c1cnn2c(NCc3ccc(CC(C)c4cnn5c(NCc6ccccc6-n6cccn6)nc(N6CCCC(N)C6)nc45)cc3-n3cccn3)nc(N3CCC(N)C3)nc12. The Morgan fingerprint density at radius 1 is 0.651 bits per heavy atom. The smallest absolute Gasteiger partial charge is 0.230 e. The Hall–Kier alpha value is -6.92. The number of piperidine rings is 1. The minimum Gasteiger partial charge on any atom is -0.350 e. The van der Waals surface area contributed by atoms with E-state index in [1.54, 1.807) is 12.4 Å². The zero-order valence-electron chi connectivity index (χ0n) is 36.0. The number of hydrogen-bond donors (Lipinski definition) is 4. The summed E-state index contributed by atoms with van der Waals surface area (Å²) in [5.41, 5.74) is 21.7. The molecule has 10 rings (SSSR count). The van der Waals surface area contributed by atoms with Gasteiger partial charge in [-0.25, -0.2) is 9.36 Å². The van der Waals surface area contributed by atoms with Crippen LogP contribution in [0.2, 0.25) is 0 Å². The molecule has 2 saturated heterocycles. The molecule has 0 bridgehead atoms. The summed E-state index contributed by atoms with van der Waals surface area (Å²) in [6.45, 7) is 10.6. The van der Waals surface area contributed by atoms with Gasteiger partial charge in [0.25, 0.3) is 0 Å². The van der Waals surface area contributed by atoms with Crippen LogP contribution in [-0.2, 0) is 19.5 Å². The average Bonchev–Trinajstić information content (AvgIpc) is 4.15. The molecule has 3 unspecified atom stereocenters. The Balaban J connectivity index is 0.939. The van der Waals surface area contributed by atoms with Crippen molar-refractivity contribution < 1.29 is 0 Å². The Labute approximate surface area is 365 Å². The zero-order valence-corrected chi connectivity index (χ0v) is 36.0. The molecule has 2 fully saturated rings. The molecule has 2 aliphatic rings. The van der Waals surface area contributed by atoms with Crippen LogP contribution in [0.15, 0.2) is 91.8 Å². The van der Waals surface area contributed by atoms with Crippen molar-refractivity contribution in [1.29, 1.82) is 0 Å². The van der Waals surface area contributed by atoms with E-state index in [-0.39, 0.29) is 23.9 Å². The van der Waals surface area contributed by atoms with E-state index in [0.29, 0.717) is 43.4 Å². The maximum atomic E-state index is 6.46. The predicted molar refractivity (Wildman–Crippen MR) is 244 cm³/mol. The molecule has 0 saturated carbocycles. The number of hydrogen-bond acceptors (Lipinski definition) is 14. The molecule has 3 atom stereocenters. The van der Waals surface area contributed by atoms with Crippen molar-refractivity contribution in [2.75, 3.05) is 46.6 Å². The second-order valence-corrected chi connectivity index (χ2v) is 17.2. The maximum absolute atomic E-state index is 6.46. The number of aromatic nitrogens is 12. The standard InChI is InChI=1S/C45H54N18/c1-29(2)36-25-52-62-40(36)54-45(59-20-14-35(47)28-59)57-42(62)49-24-33-13-12-31(22-39(33)61-19-8-16-51-61)21-30(3)37-26-53-63-41(37)55-44(58-17-6-10-34(46)27-58)56-43(63)48-23-32-9-4-5-11-38(32)60-18-7-15-50-60/h4-5,7-9,11-13,15-16,18-19,22,25-26,29-30,34-35H,6,10,14,17,20-21,23-24,27-28,46-47H2,1-3H3,(H,48,55,56)(H,49,54,57). The summed E-state index contributed by atoms with van der Waals surface area (Å²) in [6, 6.07) is 18.9. The monoisotopic (exact) mass is 846 g/mol. The lowest BCUT2D eigenvalue weighted by Gasteiger charge is -2.31. The number of benzene rings is 2. The lowest BCUT2D eigenvalue weighted by molar-refractivity contribution is 0.499. The molecule has 8 heterocycles. The third kappa shape index (κ3) is 8.14. The molecule has 2 aromatic carbocycles. The van der Waals surface area contributed by atoms with Crippen LogP contribution in [0.5, 0.6) is 0 Å². The van der Waals surface area contributed by atoms with E-state index in [1.165, 1.54) is 0 Å². The van der Waals surface area contributed by atoms with Gasteiger partial charge in [-0.1, -0.05) is 51.1 Å². The molecular formula is C45H54N18. The lowest BCUT2D eigenvalue weighted by Crippen LogP contribution is -2.43. The van der Waals surface area contributed by atoms with Crippen LogP contribution in [-0.4, -0.2) is 97.0 Å². The highest BCUT2D eigenvalue weighted by Crippen LogP contribution is 2.30. The molecule has 0 spiro atoms. The van der Waals surface area contributed by atoms with Gasteiger partial charge in [-0.05, 0) is 78.5 Å². The molecule has 6 aromatic heterocycles. The summed E-state index contributed by atoms with van der Waals surface area (Å²) in [5.74, 6) is 2.89. The van der Waals surface area contributed by atoms with E-state index in [0.717, 1.165) is 95.8 Å². The van der Waals surface area contributed by atoms with Crippen LogP contribution >= 0.6 is 0 Å². The van der Waals surface area contributed by atoms with Crippen LogP contribution in [0.4, 0.5) is 23.8 Å². The van der Waals surface area contributed by atoms with E-state index < -0.39 is 0 Å². The van der Waals surface area contributed by atoms with Gasteiger partial charge in [-0.15, -0.1) is 0 Å². The Kier molecular flexibility index (Phi) is 10.9. The van der Waals surface area contributed by atoms with Crippen molar-refractivity contribution in [2.45, 2.75) is 83.5 Å². The number of nitrogens with two attached hydrogens (primary N) is 2. The molecule has 18 nitrogen and oxygen atoms in total. The third-order valence-electron chi connectivity index (χ3n) is 12.2. The van der Waals surface area contributed by atoms with Crippen molar-refractivity contribution in [3.8, 4) is 11.4 Å². The second-order valence-electron chi connectivity index (χ2n) is 17.2. The van der Waals surface area contributed by atoms with Gasteiger partial charge in [0.05, 0.1) is 23.8 Å². The quantitative estimate of drug-likeness (QED) is 0.113. The van der Waals surface area contributed by atoms with Crippen molar-refractivity contribution in [3.63, 3.8) is 0 Å². The van der Waals surface area contributed by atoms with E-state index >= 15 is 0 Å². The van der Waals surface area contributed by atoms with Crippen molar-refractivity contribution >= 4 is 35.1 Å². The van der Waals surface area contributed by atoms with Gasteiger partial charge in [0.1, 0.15) is 0 Å². The Morgan fingerprint density at radius 2 is 1.25 bits per heavy atom. The van der Waals surface area contributed by atoms with Crippen LogP contribution in [0.1, 0.15) is 79.7 Å². The molecule has 8 aromatic rings. The predicted octanol–water partition coefficient (Wildman–Crippen LogP) is 5.09. The summed E-state index contributed by atoms with van der Waals surface area (Å²) in [6.07, 6.45) is 15.0. The van der Waals surface area contributed by atoms with E-state index in [2.05, 4.69) is 81.7 Å². The van der Waals surface area contributed by atoms with Crippen LogP contribution < -0.4 is 31.9 Å². The highest BCUT2D eigenvalue weighted by Gasteiger charge is 2.26. The van der Waals surface area contributed by atoms with Crippen LogP contribution in [0.3, 0.4) is 0 Å². The molecule has 0 radical (unpaired) electrons. The first kappa shape index (κ1) is 40.2. The molecule has 0 aliphatic carbocycles. The summed E-state index contributed by atoms with van der Waals surface area (Å²) >= 11 is 0. The number of para-hydroxylation sites is 1. The van der Waals surface area contributed by atoms with Gasteiger partial charge in [-0.2, -0.15) is 49.4 Å². The summed E-state index contributed by atoms with van der Waals surface area (Å²) in [7, 11) is 0. The summed E-state index contributed by atoms with van der Waals surface area (Å²) in [5, 5.41) is 25.9. The summed E-state index contributed by atoms with van der Waals surface area (Å²) in [4.78, 5) is 24.6. The number of anilines is 4. The minimum absolute atomic E-state index is 0.0677. The maximum Gasteiger partial charge on any atom is 0.230 e. The fraction of sp³-hybridized carbons (Fsp3) is 0.378. The van der Waals surface area contributed by atoms with Gasteiger partial charge in [0, 0.05) is 87.3 Å². The molecule has 324 valence electrons. The first-order valence-corrected chi connectivity index (χ1v) is 22.0. The van der Waals surface area contributed by atoms with Crippen molar-refractivity contribution in [3.05, 3.63) is 120 Å². The number of rotatable bonds is 14. The Morgan fingerprint density at radius 3 is 1.89 bits per heavy atom. The van der Waals surface area contributed by atoms with Gasteiger partial charge in [0.15, 0.2) is 11.3 Å². The molecule has 2 aliphatic heterocycles. The fourth-order valence-corrected chi connectivity index (χ4v) is 8.81. The normalized spacial score (nSPS) is 17.4.